The van der Waals surface area contributed by atoms with Crippen molar-refractivity contribution < 1.29 is 17.9 Å². The Morgan fingerprint density at radius 1 is 1.06 bits per heavy atom. The number of sulfonamides is 1. The number of nitrogens with one attached hydrogen (secondary N) is 1. The van der Waals surface area contributed by atoms with Gasteiger partial charge in [0.05, 0.1) is 14.9 Å². The molecule has 0 spiro atoms. The van der Waals surface area contributed by atoms with E-state index < -0.39 is 10.0 Å². The molecule has 0 aliphatic carbocycles. The third kappa shape index (κ3) is 7.82. The van der Waals surface area contributed by atoms with Gasteiger partial charge in [-0.2, -0.15) is 0 Å². The van der Waals surface area contributed by atoms with E-state index in [2.05, 4.69) is 20.7 Å². The van der Waals surface area contributed by atoms with Crippen molar-refractivity contribution in [3.05, 3.63) is 92.4 Å². The first kappa shape index (κ1) is 28.2. The zero-order chi connectivity index (χ0) is 26.5. The molecule has 0 bridgehead atoms. The van der Waals surface area contributed by atoms with Crippen molar-refractivity contribution >= 4 is 61.1 Å². The molecule has 1 amide bonds. The van der Waals surface area contributed by atoms with Crippen LogP contribution in [0.25, 0.3) is 6.08 Å². The lowest BCUT2D eigenvalue weighted by atomic mass is 10.1. The molecule has 0 aromatic heterocycles. The van der Waals surface area contributed by atoms with Gasteiger partial charge in [0.25, 0.3) is 0 Å². The van der Waals surface area contributed by atoms with E-state index in [1.165, 1.54) is 18.2 Å². The molecule has 36 heavy (non-hydrogen) atoms. The summed E-state index contributed by atoms with van der Waals surface area (Å²) in [4.78, 5) is 14.5. The lowest BCUT2D eigenvalue weighted by molar-refractivity contribution is -0.125. The molecule has 0 radical (unpaired) electrons. The second kappa shape index (κ2) is 12.3. The fourth-order valence-corrected chi connectivity index (χ4v) is 5.07. The largest absolute Gasteiger partial charge is 0.457 e. The van der Waals surface area contributed by atoms with Gasteiger partial charge >= 0.3 is 0 Å². The van der Waals surface area contributed by atoms with E-state index in [0.29, 0.717) is 33.7 Å². The summed E-state index contributed by atoms with van der Waals surface area (Å²) in [5.74, 6) is 0.862. The second-order valence-electron chi connectivity index (χ2n) is 8.30. The Morgan fingerprint density at radius 3 is 2.39 bits per heavy atom. The average molecular weight is 612 g/mol. The highest BCUT2D eigenvalue weighted by Gasteiger charge is 2.15. The molecular formula is C26H25BrCl2N2O4S. The van der Waals surface area contributed by atoms with Crippen molar-refractivity contribution in [1.82, 2.24) is 9.62 Å². The molecule has 10 heteroatoms. The molecule has 0 aliphatic heterocycles. The van der Waals surface area contributed by atoms with Gasteiger partial charge in [0.2, 0.25) is 15.9 Å². The van der Waals surface area contributed by atoms with Crippen molar-refractivity contribution in [2.75, 3.05) is 7.05 Å². The molecule has 0 fully saturated rings. The fourth-order valence-electron chi connectivity index (χ4n) is 3.19. The zero-order valence-corrected chi connectivity index (χ0v) is 23.7. The monoisotopic (exact) mass is 610 g/mol. The Labute approximate surface area is 230 Å². The number of amides is 1. The highest BCUT2D eigenvalue weighted by Crippen LogP contribution is 2.33. The molecule has 6 nitrogen and oxygen atoms in total. The lowest BCUT2D eigenvalue weighted by Gasteiger charge is -2.18. The molecule has 3 rings (SSSR count). The second-order valence-corrected chi connectivity index (χ2v) is 11.7. The van der Waals surface area contributed by atoms with Crippen LogP contribution in [0, 0.1) is 0 Å². The third-order valence-corrected chi connectivity index (χ3v) is 7.84. The molecular weight excluding hydrogens is 587 g/mol. The van der Waals surface area contributed by atoms with Gasteiger partial charge in [0.1, 0.15) is 11.5 Å². The Morgan fingerprint density at radius 2 is 1.75 bits per heavy atom. The molecule has 0 unspecified atom stereocenters. The van der Waals surface area contributed by atoms with E-state index in [1.54, 1.807) is 62.2 Å². The van der Waals surface area contributed by atoms with Crippen LogP contribution in [-0.2, 0) is 21.4 Å². The molecule has 0 aliphatic rings. The van der Waals surface area contributed by atoms with Gasteiger partial charge in [-0.25, -0.2) is 13.1 Å². The van der Waals surface area contributed by atoms with Crippen molar-refractivity contribution in [1.29, 1.82) is 0 Å². The minimum absolute atomic E-state index is 0.168. The number of carbonyl (C=O) groups is 1. The van der Waals surface area contributed by atoms with E-state index in [1.807, 2.05) is 18.2 Å². The number of ether oxygens (including phenoxy) is 1. The first-order valence-electron chi connectivity index (χ1n) is 10.9. The van der Waals surface area contributed by atoms with Crippen LogP contribution in [0.5, 0.6) is 11.5 Å². The predicted molar refractivity (Wildman–Crippen MR) is 148 cm³/mol. The Balaban J connectivity index is 1.69. The highest BCUT2D eigenvalue weighted by molar-refractivity contribution is 9.10. The van der Waals surface area contributed by atoms with Gasteiger partial charge in [-0.1, -0.05) is 57.3 Å². The minimum Gasteiger partial charge on any atom is -0.457 e. The highest BCUT2D eigenvalue weighted by atomic mass is 79.9. The van der Waals surface area contributed by atoms with Crippen LogP contribution in [0.4, 0.5) is 0 Å². The molecule has 3 aromatic carbocycles. The predicted octanol–water partition coefficient (Wildman–Crippen LogP) is 6.91. The Bertz CT molecular complexity index is 1380. The summed E-state index contributed by atoms with van der Waals surface area (Å²) in [5.41, 5.74) is 1.49. The maximum atomic E-state index is 12.7. The number of rotatable bonds is 9. The number of halogens is 3. The third-order valence-electron chi connectivity index (χ3n) is 4.93. The van der Waals surface area contributed by atoms with Crippen LogP contribution in [-0.4, -0.2) is 32.3 Å². The van der Waals surface area contributed by atoms with E-state index in [-0.39, 0.29) is 16.8 Å². The first-order valence-corrected chi connectivity index (χ1v) is 13.9. The van der Waals surface area contributed by atoms with Crippen LogP contribution in [0.1, 0.15) is 25.0 Å². The van der Waals surface area contributed by atoms with Crippen LogP contribution in [0.2, 0.25) is 10.0 Å². The molecule has 3 aromatic rings. The minimum atomic E-state index is -3.57. The fraction of sp³-hybridized carbons (Fsp3) is 0.192. The van der Waals surface area contributed by atoms with E-state index in [4.69, 9.17) is 27.9 Å². The SMILES string of the molecule is CC(C)NS(=O)(=O)c1ccc(/C=C/C(=O)N(C)Cc2ccc(Br)cc2Oc2ccc(Cl)c(Cl)c2)cc1. The van der Waals surface area contributed by atoms with Crippen LogP contribution >= 0.6 is 39.1 Å². The lowest BCUT2D eigenvalue weighted by Crippen LogP contribution is -2.30. The smallest absolute Gasteiger partial charge is 0.246 e. The maximum Gasteiger partial charge on any atom is 0.246 e. The van der Waals surface area contributed by atoms with Crippen molar-refractivity contribution in [2.24, 2.45) is 0 Å². The summed E-state index contributed by atoms with van der Waals surface area (Å²) >= 11 is 15.5. The van der Waals surface area contributed by atoms with Crippen molar-refractivity contribution in [3.63, 3.8) is 0 Å². The van der Waals surface area contributed by atoms with Crippen LogP contribution < -0.4 is 9.46 Å². The van der Waals surface area contributed by atoms with Gasteiger partial charge in [-0.05, 0) is 61.9 Å². The standard InChI is InChI=1S/C26H25BrCl2N2O4S/c1-17(2)30-36(33,34)22-10-4-18(5-11-22)6-13-26(32)31(3)16-19-7-8-20(27)14-25(19)35-21-9-12-23(28)24(29)15-21/h4-15,17,30H,16H2,1-3H3/b13-6+. The summed E-state index contributed by atoms with van der Waals surface area (Å²) < 4.78 is 33.9. The number of hydrogen-bond donors (Lipinski definition) is 1. The van der Waals surface area contributed by atoms with Gasteiger partial charge < -0.3 is 9.64 Å². The molecule has 190 valence electrons. The average Bonchev–Trinajstić information content (AvgIpc) is 2.81. The van der Waals surface area contributed by atoms with Gasteiger partial charge in [-0.3, -0.25) is 4.79 Å². The summed E-state index contributed by atoms with van der Waals surface area (Å²) in [6.07, 6.45) is 3.08. The number of likely N-dealkylation sites (N-methyl/N-ethyl adjacent to an activating group) is 1. The molecule has 0 heterocycles. The normalized spacial score (nSPS) is 11.8. The Kier molecular flexibility index (Phi) is 9.60. The number of benzene rings is 3. The van der Waals surface area contributed by atoms with Crippen LogP contribution in [0.3, 0.4) is 0 Å². The molecule has 1 N–H and O–H groups in total. The summed E-state index contributed by atoms with van der Waals surface area (Å²) in [5, 5.41) is 0.809. The number of hydrogen-bond acceptors (Lipinski definition) is 4. The number of carbonyl (C=O) groups excluding carboxylic acids is 1. The summed E-state index contributed by atoms with van der Waals surface area (Å²) in [6.45, 7) is 3.81. The van der Waals surface area contributed by atoms with E-state index >= 15 is 0 Å². The van der Waals surface area contributed by atoms with E-state index in [9.17, 15) is 13.2 Å². The maximum absolute atomic E-state index is 12.7. The molecule has 0 saturated heterocycles. The summed E-state index contributed by atoms with van der Waals surface area (Å²) in [6, 6.07) is 16.7. The number of nitrogens with zero attached hydrogens (tertiary/aromatic N) is 1. The van der Waals surface area contributed by atoms with Gasteiger partial charge in [-0.15, -0.1) is 0 Å². The molecule has 0 saturated carbocycles. The quantitative estimate of drug-likeness (QED) is 0.267. The van der Waals surface area contributed by atoms with Crippen molar-refractivity contribution in [3.8, 4) is 11.5 Å². The van der Waals surface area contributed by atoms with Crippen LogP contribution in [0.15, 0.2) is 76.1 Å². The van der Waals surface area contributed by atoms with Gasteiger partial charge in [0, 0.05) is 41.8 Å². The van der Waals surface area contributed by atoms with Gasteiger partial charge in [0.15, 0.2) is 0 Å². The summed E-state index contributed by atoms with van der Waals surface area (Å²) in [7, 11) is -1.88. The molecule has 0 atom stereocenters. The van der Waals surface area contributed by atoms with E-state index in [0.717, 1.165) is 10.0 Å². The zero-order valence-electron chi connectivity index (χ0n) is 19.8. The van der Waals surface area contributed by atoms with Crippen molar-refractivity contribution in [2.45, 2.75) is 31.3 Å². The Hall–Kier alpha value is -2.36. The first-order chi connectivity index (χ1) is 16.9. The topological polar surface area (TPSA) is 75.7 Å².